The summed E-state index contributed by atoms with van der Waals surface area (Å²) in [5.41, 5.74) is 0. The first kappa shape index (κ1) is 77.6. The number of ether oxygens (including phenoxy) is 4. The second-order valence-electron chi connectivity index (χ2n) is 25.0. The molecule has 0 aliphatic carbocycles. The van der Waals surface area contributed by atoms with E-state index in [9.17, 15) is 45.6 Å². The number of carbonyl (C=O) groups is 1. The molecule has 12 unspecified atom stereocenters. The number of nitrogens with one attached hydrogen (secondary N) is 1. The Kier molecular flexibility index (Phi) is 51.0. The Morgan fingerprint density at radius 1 is 0.422 bits per heavy atom. The summed E-state index contributed by atoms with van der Waals surface area (Å²) in [6.45, 7) is 2.80. The van der Waals surface area contributed by atoms with Crippen molar-refractivity contribution in [2.24, 2.45) is 0 Å². The summed E-state index contributed by atoms with van der Waals surface area (Å²) in [5, 5.41) is 87.1. The molecule has 2 aliphatic heterocycles. The number of aliphatic hydroxyl groups excluding tert-OH is 8. The predicted molar refractivity (Wildman–Crippen MR) is 337 cm³/mol. The maximum Gasteiger partial charge on any atom is 0.220 e. The zero-order valence-electron chi connectivity index (χ0n) is 53.2. The van der Waals surface area contributed by atoms with Crippen LogP contribution in [0.3, 0.4) is 0 Å². The van der Waals surface area contributed by atoms with Crippen LogP contribution in [0.5, 0.6) is 0 Å². The maximum absolute atomic E-state index is 13.3. The second-order valence-corrected chi connectivity index (χ2v) is 25.0. The van der Waals surface area contributed by atoms with Gasteiger partial charge in [-0.3, -0.25) is 4.79 Å². The van der Waals surface area contributed by atoms with Crippen molar-refractivity contribution in [1.29, 1.82) is 0 Å². The third-order valence-electron chi connectivity index (χ3n) is 17.4. The van der Waals surface area contributed by atoms with Crippen molar-refractivity contribution in [2.45, 2.75) is 389 Å². The summed E-state index contributed by atoms with van der Waals surface area (Å²) in [4.78, 5) is 13.3. The minimum atomic E-state index is -1.79. The Bertz CT molecular complexity index is 1490. The van der Waals surface area contributed by atoms with Gasteiger partial charge in [0.15, 0.2) is 12.6 Å². The monoisotopic (exact) mass is 1180 g/mol. The summed E-state index contributed by atoms with van der Waals surface area (Å²) in [7, 11) is 0. The first-order valence-electron chi connectivity index (χ1n) is 35.1. The van der Waals surface area contributed by atoms with Crippen molar-refractivity contribution in [1.82, 2.24) is 5.32 Å². The lowest BCUT2D eigenvalue weighted by atomic mass is 9.97. The van der Waals surface area contributed by atoms with E-state index in [4.69, 9.17) is 18.9 Å². The SMILES string of the molecule is CCCCCCCCC/C=C/CC/C=C/C(O)C(COC1OC(CO)C(OC2OC(CO)C(O)C(O)C2O)C(O)C1O)NC(=O)CCCCCCCCCCCCCCCCCCCCCCCCCCCCCCCCCCCCCC. The summed E-state index contributed by atoms with van der Waals surface area (Å²) in [6, 6.07) is -0.928. The molecule has 0 radical (unpaired) electrons. The standard InChI is InChI=1S/C69H131NO13/c1-3-5-7-9-11-13-15-17-18-19-20-21-22-23-24-25-26-27-28-29-30-31-32-33-34-35-36-37-38-39-41-43-45-47-49-51-53-61(74)70-57(58(73)52-50-48-46-44-42-40-16-14-12-10-8-6-4-2)56-80-68-66(79)64(77)67(60(55-72)82-68)83-69-65(78)63(76)62(75)59(54-71)81-69/h42,44,50,52,57-60,62-69,71-73,75-79H,3-41,43,45-49,51,53-56H2,1-2H3,(H,70,74)/b44-42+,52-50+. The van der Waals surface area contributed by atoms with Gasteiger partial charge in [-0.25, -0.2) is 0 Å². The van der Waals surface area contributed by atoms with Gasteiger partial charge in [-0.15, -0.1) is 0 Å². The van der Waals surface area contributed by atoms with E-state index in [0.29, 0.717) is 12.8 Å². The highest BCUT2D eigenvalue weighted by Crippen LogP contribution is 2.30. The molecule has 83 heavy (non-hydrogen) atoms. The molecule has 2 saturated heterocycles. The molecular formula is C69H131NO13. The highest BCUT2D eigenvalue weighted by Gasteiger charge is 2.51. The highest BCUT2D eigenvalue weighted by atomic mass is 16.7. The molecule has 9 N–H and O–H groups in total. The van der Waals surface area contributed by atoms with Crippen LogP contribution in [0.25, 0.3) is 0 Å². The van der Waals surface area contributed by atoms with E-state index in [2.05, 4.69) is 31.3 Å². The van der Waals surface area contributed by atoms with Gasteiger partial charge >= 0.3 is 0 Å². The topological polar surface area (TPSA) is 228 Å². The Balaban J connectivity index is 1.57. The lowest BCUT2D eigenvalue weighted by Crippen LogP contribution is -2.65. The van der Waals surface area contributed by atoms with Crippen LogP contribution < -0.4 is 5.32 Å². The molecule has 0 saturated carbocycles. The lowest BCUT2D eigenvalue weighted by molar-refractivity contribution is -0.359. The van der Waals surface area contributed by atoms with Gasteiger partial charge in [-0.1, -0.05) is 301 Å². The minimum absolute atomic E-state index is 0.244. The van der Waals surface area contributed by atoms with E-state index in [1.807, 2.05) is 6.08 Å². The van der Waals surface area contributed by atoms with E-state index in [1.165, 1.54) is 250 Å². The van der Waals surface area contributed by atoms with Crippen LogP contribution in [-0.4, -0.2) is 140 Å². The lowest BCUT2D eigenvalue weighted by Gasteiger charge is -2.46. The van der Waals surface area contributed by atoms with Crippen LogP contribution >= 0.6 is 0 Å². The van der Waals surface area contributed by atoms with Crippen molar-refractivity contribution in [3.05, 3.63) is 24.3 Å². The average Bonchev–Trinajstić information content (AvgIpc) is 3.65. The van der Waals surface area contributed by atoms with E-state index in [0.717, 1.165) is 32.1 Å². The summed E-state index contributed by atoms with van der Waals surface area (Å²) in [5.74, 6) is -0.244. The smallest absolute Gasteiger partial charge is 0.220 e. The summed E-state index contributed by atoms with van der Waals surface area (Å²) in [6.07, 6.45) is 51.3. The largest absolute Gasteiger partial charge is 0.394 e. The van der Waals surface area contributed by atoms with E-state index < -0.39 is 86.8 Å². The molecule has 490 valence electrons. The zero-order valence-corrected chi connectivity index (χ0v) is 53.2. The van der Waals surface area contributed by atoms with Crippen molar-refractivity contribution in [3.63, 3.8) is 0 Å². The first-order chi connectivity index (χ1) is 40.6. The fourth-order valence-corrected chi connectivity index (χ4v) is 11.8. The number of hydrogen-bond donors (Lipinski definition) is 9. The van der Waals surface area contributed by atoms with E-state index >= 15 is 0 Å². The van der Waals surface area contributed by atoms with Gasteiger partial charge in [0.2, 0.25) is 5.91 Å². The quantitative estimate of drug-likeness (QED) is 0.0204. The third kappa shape index (κ3) is 39.2. The van der Waals surface area contributed by atoms with Crippen molar-refractivity contribution in [3.8, 4) is 0 Å². The molecule has 2 rings (SSSR count). The number of hydrogen-bond acceptors (Lipinski definition) is 13. The van der Waals surface area contributed by atoms with Crippen LogP contribution in [-0.2, 0) is 23.7 Å². The van der Waals surface area contributed by atoms with E-state index in [-0.39, 0.29) is 18.9 Å². The molecule has 1 amide bonds. The molecule has 0 spiro atoms. The number of amides is 1. The van der Waals surface area contributed by atoms with Gasteiger partial charge in [0.25, 0.3) is 0 Å². The van der Waals surface area contributed by atoms with Gasteiger partial charge in [0.1, 0.15) is 48.8 Å². The van der Waals surface area contributed by atoms with Crippen molar-refractivity contribution >= 4 is 5.91 Å². The van der Waals surface area contributed by atoms with Gasteiger partial charge in [-0.05, 0) is 32.1 Å². The number of carbonyl (C=O) groups excluding carboxylic acids is 1. The molecule has 0 bridgehead atoms. The molecular weight excluding hydrogens is 1050 g/mol. The second kappa shape index (κ2) is 54.6. The number of allylic oxidation sites excluding steroid dienone is 3. The molecule has 2 fully saturated rings. The number of unbranched alkanes of at least 4 members (excludes halogenated alkanes) is 43. The predicted octanol–water partition coefficient (Wildman–Crippen LogP) is 14.0. The van der Waals surface area contributed by atoms with Gasteiger partial charge < -0.3 is 65.1 Å². The van der Waals surface area contributed by atoms with Crippen LogP contribution in [0.1, 0.15) is 316 Å². The van der Waals surface area contributed by atoms with Crippen LogP contribution in [0.4, 0.5) is 0 Å². The molecule has 0 aromatic carbocycles. The summed E-state index contributed by atoms with van der Waals surface area (Å²) < 4.78 is 22.8. The normalized spacial score (nSPS) is 23.9. The third-order valence-corrected chi connectivity index (χ3v) is 17.4. The molecule has 12 atom stereocenters. The highest BCUT2D eigenvalue weighted by molar-refractivity contribution is 5.76. The maximum atomic E-state index is 13.3. The zero-order chi connectivity index (χ0) is 60.2. The molecule has 14 heteroatoms. The molecule has 14 nitrogen and oxygen atoms in total. The Morgan fingerprint density at radius 3 is 1.18 bits per heavy atom. The fraction of sp³-hybridized carbons (Fsp3) is 0.928. The number of aliphatic hydroxyl groups is 8. The van der Waals surface area contributed by atoms with Crippen molar-refractivity contribution in [2.75, 3.05) is 19.8 Å². The van der Waals surface area contributed by atoms with Crippen LogP contribution in [0, 0.1) is 0 Å². The summed E-state index contributed by atoms with van der Waals surface area (Å²) >= 11 is 0. The van der Waals surface area contributed by atoms with Gasteiger partial charge in [0, 0.05) is 6.42 Å². The number of rotatable bonds is 58. The van der Waals surface area contributed by atoms with Gasteiger partial charge in [-0.2, -0.15) is 0 Å². The molecule has 2 heterocycles. The van der Waals surface area contributed by atoms with Crippen LogP contribution in [0.15, 0.2) is 24.3 Å². The van der Waals surface area contributed by atoms with E-state index in [1.54, 1.807) is 6.08 Å². The first-order valence-corrected chi connectivity index (χ1v) is 35.1. The van der Waals surface area contributed by atoms with Gasteiger partial charge in [0.05, 0.1) is 32.0 Å². The molecule has 0 aromatic heterocycles. The molecule has 0 aromatic rings. The minimum Gasteiger partial charge on any atom is -0.394 e. The fourth-order valence-electron chi connectivity index (χ4n) is 11.8. The average molecular weight is 1180 g/mol. The van der Waals surface area contributed by atoms with Crippen molar-refractivity contribution < 1.29 is 64.6 Å². The molecule has 2 aliphatic rings. The Hall–Kier alpha value is -1.53. The Morgan fingerprint density at radius 2 is 0.771 bits per heavy atom. The Labute approximate surface area is 507 Å². The van der Waals surface area contributed by atoms with Crippen LogP contribution in [0.2, 0.25) is 0 Å².